The second kappa shape index (κ2) is 4.74. The molecule has 0 atom stereocenters. The maximum atomic E-state index is 5.43. The highest BCUT2D eigenvalue weighted by atomic mass is 15.1. The number of hydrogen-bond donors (Lipinski definition) is 1. The Labute approximate surface area is 94.4 Å². The first-order valence-corrected chi connectivity index (χ1v) is 5.36. The third kappa shape index (κ3) is 2.36. The zero-order valence-corrected chi connectivity index (χ0v) is 9.30. The van der Waals surface area contributed by atoms with Gasteiger partial charge in [0.05, 0.1) is 0 Å². The molecule has 0 aliphatic heterocycles. The van der Waals surface area contributed by atoms with Gasteiger partial charge in [-0.25, -0.2) is 15.0 Å². The van der Waals surface area contributed by atoms with Crippen molar-refractivity contribution in [3.05, 3.63) is 36.2 Å². The minimum Gasteiger partial charge on any atom is -0.368 e. The molecule has 0 bridgehead atoms. The summed E-state index contributed by atoms with van der Waals surface area (Å²) in [6, 6.07) is 0. The third-order valence-electron chi connectivity index (χ3n) is 2.35. The van der Waals surface area contributed by atoms with E-state index >= 15 is 0 Å². The zero-order chi connectivity index (χ0) is 11.4. The van der Waals surface area contributed by atoms with Crippen molar-refractivity contribution in [3.8, 4) is 0 Å². The topological polar surface area (TPSA) is 69.6 Å². The van der Waals surface area contributed by atoms with Crippen LogP contribution in [-0.4, -0.2) is 19.5 Å². The Morgan fingerprint density at radius 2 is 2.00 bits per heavy atom. The highest BCUT2D eigenvalue weighted by Crippen LogP contribution is 2.07. The number of nitrogens with two attached hydrogens (primary N) is 1. The summed E-state index contributed by atoms with van der Waals surface area (Å²) < 4.78 is 2.15. The molecule has 5 heteroatoms. The molecule has 2 rings (SSSR count). The average molecular weight is 217 g/mol. The van der Waals surface area contributed by atoms with Gasteiger partial charge in [-0.05, 0) is 12.0 Å². The fourth-order valence-corrected chi connectivity index (χ4v) is 1.59. The van der Waals surface area contributed by atoms with Gasteiger partial charge in [0.15, 0.2) is 0 Å². The molecule has 0 amide bonds. The number of hydrogen-bond acceptors (Lipinski definition) is 4. The molecule has 0 saturated carbocycles. The first-order chi connectivity index (χ1) is 7.79. The van der Waals surface area contributed by atoms with Gasteiger partial charge in [0.1, 0.15) is 5.82 Å². The Morgan fingerprint density at radius 1 is 1.25 bits per heavy atom. The Hall–Kier alpha value is -1.91. The van der Waals surface area contributed by atoms with E-state index in [2.05, 4.69) is 26.4 Å². The van der Waals surface area contributed by atoms with Crippen LogP contribution in [0.4, 0.5) is 5.95 Å². The first kappa shape index (κ1) is 10.6. The van der Waals surface area contributed by atoms with Gasteiger partial charge in [0, 0.05) is 37.8 Å². The molecule has 2 aromatic heterocycles. The monoisotopic (exact) mass is 217 g/mol. The maximum Gasteiger partial charge on any atom is 0.219 e. The quantitative estimate of drug-likeness (QED) is 0.837. The Morgan fingerprint density at radius 3 is 2.69 bits per heavy atom. The van der Waals surface area contributed by atoms with E-state index in [-0.39, 0.29) is 0 Å². The van der Waals surface area contributed by atoms with Gasteiger partial charge in [-0.3, -0.25) is 0 Å². The minimum atomic E-state index is 0.306. The zero-order valence-electron chi connectivity index (χ0n) is 9.30. The number of nitrogen functional groups attached to an aromatic ring is 1. The molecule has 2 aromatic rings. The molecule has 0 radical (unpaired) electrons. The van der Waals surface area contributed by atoms with E-state index in [1.54, 1.807) is 12.4 Å². The third-order valence-corrected chi connectivity index (χ3v) is 2.35. The minimum absolute atomic E-state index is 0.306. The summed E-state index contributed by atoms with van der Waals surface area (Å²) in [5.41, 5.74) is 6.46. The summed E-state index contributed by atoms with van der Waals surface area (Å²) in [4.78, 5) is 12.3. The number of rotatable bonds is 4. The molecule has 0 aromatic carbocycles. The highest BCUT2D eigenvalue weighted by Gasteiger charge is 2.04. The highest BCUT2D eigenvalue weighted by molar-refractivity contribution is 5.19. The van der Waals surface area contributed by atoms with Crippen molar-refractivity contribution in [1.29, 1.82) is 0 Å². The van der Waals surface area contributed by atoms with Crippen molar-refractivity contribution < 1.29 is 0 Å². The summed E-state index contributed by atoms with van der Waals surface area (Å²) >= 11 is 0. The molecular formula is C11H15N5. The molecule has 0 fully saturated rings. The van der Waals surface area contributed by atoms with Crippen molar-refractivity contribution in [3.63, 3.8) is 0 Å². The number of nitrogens with zero attached hydrogens (tertiary/aromatic N) is 4. The van der Waals surface area contributed by atoms with Gasteiger partial charge in [-0.1, -0.05) is 6.92 Å². The Balaban J connectivity index is 2.13. The smallest absolute Gasteiger partial charge is 0.219 e. The van der Waals surface area contributed by atoms with E-state index in [4.69, 9.17) is 5.73 Å². The molecule has 5 nitrogen and oxygen atoms in total. The predicted octanol–water partition coefficient (Wildman–Crippen LogP) is 1.26. The van der Waals surface area contributed by atoms with Crippen LogP contribution in [-0.2, 0) is 13.0 Å². The molecule has 16 heavy (non-hydrogen) atoms. The van der Waals surface area contributed by atoms with E-state index in [0.717, 1.165) is 30.8 Å². The fourth-order valence-electron chi connectivity index (χ4n) is 1.59. The maximum absolute atomic E-state index is 5.43. The van der Waals surface area contributed by atoms with E-state index in [0.29, 0.717) is 5.95 Å². The van der Waals surface area contributed by atoms with Crippen LogP contribution in [0.1, 0.15) is 24.7 Å². The van der Waals surface area contributed by atoms with Gasteiger partial charge in [-0.15, -0.1) is 0 Å². The lowest BCUT2D eigenvalue weighted by atomic mass is 10.2. The summed E-state index contributed by atoms with van der Waals surface area (Å²) in [6.07, 6.45) is 9.15. The van der Waals surface area contributed by atoms with Crippen molar-refractivity contribution >= 4 is 5.95 Å². The molecular weight excluding hydrogens is 202 g/mol. The van der Waals surface area contributed by atoms with Crippen LogP contribution in [0, 0.1) is 0 Å². The number of imidazole rings is 1. The SMILES string of the molecule is CCCn1ccnc1Cc1cnc(N)nc1. The first-order valence-electron chi connectivity index (χ1n) is 5.36. The lowest BCUT2D eigenvalue weighted by Crippen LogP contribution is -2.04. The summed E-state index contributed by atoms with van der Waals surface area (Å²) in [6.45, 7) is 3.14. The molecule has 0 aliphatic carbocycles. The molecule has 0 saturated heterocycles. The number of anilines is 1. The number of aryl methyl sites for hydroxylation is 1. The molecule has 2 N–H and O–H groups in total. The van der Waals surface area contributed by atoms with E-state index in [1.807, 2.05) is 12.4 Å². The molecule has 84 valence electrons. The van der Waals surface area contributed by atoms with Gasteiger partial charge >= 0.3 is 0 Å². The molecule has 0 spiro atoms. The second-order valence-corrected chi connectivity index (χ2v) is 3.66. The summed E-state index contributed by atoms with van der Waals surface area (Å²) in [5.74, 6) is 1.34. The number of aromatic nitrogens is 4. The lowest BCUT2D eigenvalue weighted by molar-refractivity contribution is 0.646. The van der Waals surface area contributed by atoms with Crippen LogP contribution in [0.2, 0.25) is 0 Å². The van der Waals surface area contributed by atoms with Gasteiger partial charge in [0.2, 0.25) is 5.95 Å². The van der Waals surface area contributed by atoms with Gasteiger partial charge in [-0.2, -0.15) is 0 Å². The van der Waals surface area contributed by atoms with Crippen molar-refractivity contribution in [2.45, 2.75) is 26.3 Å². The standard InChI is InChI=1S/C11H15N5/c1-2-4-16-5-3-13-10(16)6-9-7-14-11(12)15-8-9/h3,5,7-8H,2,4,6H2,1H3,(H2,12,14,15). The Bertz CT molecular complexity index is 446. The van der Waals surface area contributed by atoms with E-state index in [9.17, 15) is 0 Å². The van der Waals surface area contributed by atoms with E-state index in [1.165, 1.54) is 0 Å². The molecule has 2 heterocycles. The second-order valence-electron chi connectivity index (χ2n) is 3.66. The Kier molecular flexibility index (Phi) is 3.14. The van der Waals surface area contributed by atoms with Gasteiger partial charge in [0.25, 0.3) is 0 Å². The molecule has 0 unspecified atom stereocenters. The van der Waals surface area contributed by atoms with Crippen LogP contribution in [0.3, 0.4) is 0 Å². The molecule has 0 aliphatic rings. The van der Waals surface area contributed by atoms with Gasteiger partial charge < -0.3 is 10.3 Å². The van der Waals surface area contributed by atoms with Crippen LogP contribution in [0.25, 0.3) is 0 Å². The predicted molar refractivity (Wildman–Crippen MR) is 61.8 cm³/mol. The lowest BCUT2D eigenvalue weighted by Gasteiger charge is -2.05. The van der Waals surface area contributed by atoms with Crippen LogP contribution in [0.5, 0.6) is 0 Å². The normalized spacial score (nSPS) is 10.6. The van der Waals surface area contributed by atoms with Crippen molar-refractivity contribution in [1.82, 2.24) is 19.5 Å². The van der Waals surface area contributed by atoms with Crippen LogP contribution >= 0.6 is 0 Å². The van der Waals surface area contributed by atoms with Crippen molar-refractivity contribution in [2.75, 3.05) is 5.73 Å². The average Bonchev–Trinajstić information content (AvgIpc) is 2.70. The van der Waals surface area contributed by atoms with Crippen molar-refractivity contribution in [2.24, 2.45) is 0 Å². The van der Waals surface area contributed by atoms with Crippen LogP contribution in [0.15, 0.2) is 24.8 Å². The van der Waals surface area contributed by atoms with E-state index < -0.39 is 0 Å². The largest absolute Gasteiger partial charge is 0.368 e. The fraction of sp³-hybridized carbons (Fsp3) is 0.364. The van der Waals surface area contributed by atoms with Crippen LogP contribution < -0.4 is 5.73 Å². The summed E-state index contributed by atoms with van der Waals surface area (Å²) in [5, 5.41) is 0. The summed E-state index contributed by atoms with van der Waals surface area (Å²) in [7, 11) is 0.